The van der Waals surface area contributed by atoms with Gasteiger partial charge in [-0.25, -0.2) is 0 Å². The van der Waals surface area contributed by atoms with E-state index in [-0.39, 0.29) is 0 Å². The van der Waals surface area contributed by atoms with Crippen molar-refractivity contribution in [1.29, 1.82) is 0 Å². The van der Waals surface area contributed by atoms with Crippen molar-refractivity contribution in [3.8, 4) is 0 Å². The highest BCUT2D eigenvalue weighted by Crippen LogP contribution is 2.33. The van der Waals surface area contributed by atoms with Gasteiger partial charge in [-0.2, -0.15) is 0 Å². The van der Waals surface area contributed by atoms with Crippen LogP contribution < -0.4 is 10.6 Å². The van der Waals surface area contributed by atoms with Crippen LogP contribution in [0.2, 0.25) is 0 Å². The Hall–Kier alpha value is -0.840. The fraction of sp³-hybridized carbons (Fsp3) is 0.789. The van der Waals surface area contributed by atoms with Gasteiger partial charge in [0.1, 0.15) is 5.76 Å². The molecule has 1 aromatic rings. The molecule has 3 heterocycles. The Balaban J connectivity index is 1.38. The van der Waals surface area contributed by atoms with Crippen LogP contribution in [0.15, 0.2) is 22.8 Å². The standard InChI is InChI=1S/C19H31N3O/c1-2-12-22(11-1)18(19-9-5-13-23-19)14-21-17-7-3-6-15(17)16-8-4-10-20-16/h5,9,13,15-18,20-21H,1-4,6-8,10-12,14H2. The fourth-order valence-electron chi connectivity index (χ4n) is 5.01. The Kier molecular flexibility index (Phi) is 5.02. The van der Waals surface area contributed by atoms with E-state index in [4.69, 9.17) is 4.42 Å². The van der Waals surface area contributed by atoms with E-state index in [1.807, 2.05) is 12.3 Å². The molecule has 0 amide bonds. The Bertz CT molecular complexity index is 463. The second-order valence-electron chi connectivity index (χ2n) is 7.59. The van der Waals surface area contributed by atoms with Gasteiger partial charge in [0, 0.05) is 18.6 Å². The lowest BCUT2D eigenvalue weighted by Gasteiger charge is -2.31. The van der Waals surface area contributed by atoms with Crippen LogP contribution in [0.25, 0.3) is 0 Å². The molecule has 4 nitrogen and oxygen atoms in total. The van der Waals surface area contributed by atoms with Crippen molar-refractivity contribution in [2.75, 3.05) is 26.2 Å². The van der Waals surface area contributed by atoms with Crippen molar-refractivity contribution in [3.05, 3.63) is 24.2 Å². The van der Waals surface area contributed by atoms with Crippen LogP contribution in [0.4, 0.5) is 0 Å². The van der Waals surface area contributed by atoms with E-state index >= 15 is 0 Å². The largest absolute Gasteiger partial charge is 0.468 e. The summed E-state index contributed by atoms with van der Waals surface area (Å²) < 4.78 is 5.76. The number of hydrogen-bond acceptors (Lipinski definition) is 4. The van der Waals surface area contributed by atoms with Gasteiger partial charge in [-0.15, -0.1) is 0 Å². The maximum Gasteiger partial charge on any atom is 0.122 e. The third-order valence-electron chi connectivity index (χ3n) is 6.21. The molecule has 4 heteroatoms. The third kappa shape index (κ3) is 3.49. The lowest BCUT2D eigenvalue weighted by Crippen LogP contribution is -2.45. The van der Waals surface area contributed by atoms with Crippen LogP contribution in [0, 0.1) is 5.92 Å². The van der Waals surface area contributed by atoms with Crippen molar-refractivity contribution >= 4 is 0 Å². The van der Waals surface area contributed by atoms with Crippen molar-refractivity contribution < 1.29 is 4.42 Å². The molecule has 0 spiro atoms. The van der Waals surface area contributed by atoms with E-state index in [1.165, 1.54) is 64.6 Å². The summed E-state index contributed by atoms with van der Waals surface area (Å²) in [5, 5.41) is 7.66. The molecular formula is C19H31N3O. The minimum absolute atomic E-state index is 0.408. The summed E-state index contributed by atoms with van der Waals surface area (Å²) in [4.78, 5) is 2.60. The second kappa shape index (κ2) is 7.37. The van der Waals surface area contributed by atoms with Gasteiger partial charge in [0.2, 0.25) is 0 Å². The Morgan fingerprint density at radius 1 is 1.17 bits per heavy atom. The predicted molar refractivity (Wildman–Crippen MR) is 92.4 cm³/mol. The zero-order chi connectivity index (χ0) is 15.5. The highest BCUT2D eigenvalue weighted by Gasteiger charge is 2.35. The monoisotopic (exact) mass is 317 g/mol. The van der Waals surface area contributed by atoms with E-state index in [0.717, 1.165) is 24.3 Å². The quantitative estimate of drug-likeness (QED) is 0.846. The summed E-state index contributed by atoms with van der Waals surface area (Å²) in [6.45, 7) is 4.68. The molecule has 3 fully saturated rings. The first-order valence-electron chi connectivity index (χ1n) is 9.66. The highest BCUT2D eigenvalue weighted by atomic mass is 16.3. The van der Waals surface area contributed by atoms with Crippen molar-refractivity contribution in [1.82, 2.24) is 15.5 Å². The smallest absolute Gasteiger partial charge is 0.122 e. The van der Waals surface area contributed by atoms with E-state index < -0.39 is 0 Å². The van der Waals surface area contributed by atoms with E-state index in [2.05, 4.69) is 21.6 Å². The maximum absolute atomic E-state index is 5.76. The lowest BCUT2D eigenvalue weighted by atomic mass is 9.93. The van der Waals surface area contributed by atoms with Gasteiger partial charge in [0.25, 0.3) is 0 Å². The molecule has 1 aromatic heterocycles. The average Bonchev–Trinajstić information content (AvgIpc) is 3.35. The molecule has 4 unspecified atom stereocenters. The van der Waals surface area contributed by atoms with Gasteiger partial charge in [0.15, 0.2) is 0 Å². The number of nitrogens with one attached hydrogen (secondary N) is 2. The zero-order valence-corrected chi connectivity index (χ0v) is 14.2. The van der Waals surface area contributed by atoms with Crippen LogP contribution in [-0.4, -0.2) is 43.2 Å². The molecule has 3 aliphatic rings. The van der Waals surface area contributed by atoms with Crippen LogP contribution in [0.3, 0.4) is 0 Å². The average molecular weight is 317 g/mol. The summed E-state index contributed by atoms with van der Waals surface area (Å²) >= 11 is 0. The molecule has 2 N–H and O–H groups in total. The molecule has 0 radical (unpaired) electrons. The maximum atomic E-state index is 5.76. The minimum atomic E-state index is 0.408. The van der Waals surface area contributed by atoms with E-state index in [1.54, 1.807) is 0 Å². The molecule has 2 saturated heterocycles. The third-order valence-corrected chi connectivity index (χ3v) is 6.21. The van der Waals surface area contributed by atoms with Gasteiger partial charge >= 0.3 is 0 Å². The number of rotatable bonds is 6. The van der Waals surface area contributed by atoms with Gasteiger partial charge in [0.05, 0.1) is 12.3 Å². The van der Waals surface area contributed by atoms with Crippen LogP contribution >= 0.6 is 0 Å². The molecule has 4 rings (SSSR count). The molecule has 128 valence electrons. The first-order valence-corrected chi connectivity index (χ1v) is 9.66. The molecule has 1 aliphatic carbocycles. The Morgan fingerprint density at radius 3 is 2.83 bits per heavy atom. The summed E-state index contributed by atoms with van der Waals surface area (Å²) in [7, 11) is 0. The van der Waals surface area contributed by atoms with E-state index in [0.29, 0.717) is 12.1 Å². The van der Waals surface area contributed by atoms with Crippen LogP contribution in [0.5, 0.6) is 0 Å². The first-order chi connectivity index (χ1) is 11.4. The topological polar surface area (TPSA) is 40.4 Å². The van der Waals surface area contributed by atoms with Gasteiger partial charge in [-0.05, 0) is 76.2 Å². The summed E-state index contributed by atoms with van der Waals surface area (Å²) in [5.41, 5.74) is 0. The van der Waals surface area contributed by atoms with Crippen molar-refractivity contribution in [3.63, 3.8) is 0 Å². The highest BCUT2D eigenvalue weighted by molar-refractivity contribution is 5.07. The fourth-order valence-corrected chi connectivity index (χ4v) is 5.01. The Labute approximate surface area is 140 Å². The lowest BCUT2D eigenvalue weighted by molar-refractivity contribution is 0.196. The van der Waals surface area contributed by atoms with Gasteiger partial charge in [-0.3, -0.25) is 4.90 Å². The van der Waals surface area contributed by atoms with Crippen molar-refractivity contribution in [2.24, 2.45) is 5.92 Å². The summed E-state index contributed by atoms with van der Waals surface area (Å²) in [6, 6.07) is 6.02. The molecule has 2 aliphatic heterocycles. The van der Waals surface area contributed by atoms with Gasteiger partial charge < -0.3 is 15.1 Å². The summed E-state index contributed by atoms with van der Waals surface area (Å²) in [6.07, 6.45) is 11.3. The minimum Gasteiger partial charge on any atom is -0.468 e. The van der Waals surface area contributed by atoms with Gasteiger partial charge in [-0.1, -0.05) is 6.42 Å². The van der Waals surface area contributed by atoms with E-state index in [9.17, 15) is 0 Å². The number of nitrogens with zero attached hydrogens (tertiary/aromatic N) is 1. The van der Waals surface area contributed by atoms with Crippen molar-refractivity contribution in [2.45, 2.75) is 63.1 Å². The number of likely N-dealkylation sites (tertiary alicyclic amines) is 1. The Morgan fingerprint density at radius 2 is 2.09 bits per heavy atom. The molecular weight excluding hydrogens is 286 g/mol. The molecule has 1 saturated carbocycles. The predicted octanol–water partition coefficient (Wildman–Crippen LogP) is 2.93. The van der Waals surface area contributed by atoms with Crippen LogP contribution in [0.1, 0.15) is 56.7 Å². The second-order valence-corrected chi connectivity index (χ2v) is 7.59. The summed E-state index contributed by atoms with van der Waals surface area (Å²) in [5.74, 6) is 1.96. The number of hydrogen-bond donors (Lipinski definition) is 2. The zero-order valence-electron chi connectivity index (χ0n) is 14.2. The molecule has 0 aromatic carbocycles. The molecule has 0 bridgehead atoms. The molecule has 4 atom stereocenters. The normalized spacial score (nSPS) is 33.5. The SMILES string of the molecule is c1coc(C(CNC2CCCC2C2CCCN2)N2CCCC2)c1. The first kappa shape index (κ1) is 15.7. The van der Waals surface area contributed by atoms with Crippen LogP contribution in [-0.2, 0) is 0 Å². The number of furan rings is 1. The molecule has 23 heavy (non-hydrogen) atoms.